The molecule has 0 saturated carbocycles. The van der Waals surface area contributed by atoms with E-state index in [2.05, 4.69) is 20.7 Å². The Kier molecular flexibility index (Phi) is 4.86. The average Bonchev–Trinajstić information content (AvgIpc) is 3.30. The van der Waals surface area contributed by atoms with Gasteiger partial charge < -0.3 is 19.8 Å². The molecule has 0 spiro atoms. The van der Waals surface area contributed by atoms with Gasteiger partial charge in [0.25, 0.3) is 5.56 Å². The third kappa shape index (κ3) is 3.34. The van der Waals surface area contributed by atoms with Crippen LogP contribution in [0.25, 0.3) is 11.0 Å². The van der Waals surface area contributed by atoms with E-state index in [-0.39, 0.29) is 30.0 Å². The van der Waals surface area contributed by atoms with Gasteiger partial charge in [-0.1, -0.05) is 0 Å². The first-order valence-corrected chi connectivity index (χ1v) is 9.30. The maximum atomic E-state index is 12.8. The Morgan fingerprint density at radius 1 is 1.33 bits per heavy atom. The molecule has 30 heavy (non-hydrogen) atoms. The van der Waals surface area contributed by atoms with Gasteiger partial charge in [-0.2, -0.15) is 5.10 Å². The van der Waals surface area contributed by atoms with Crippen LogP contribution >= 0.6 is 0 Å². The Bertz CT molecular complexity index is 1230. The van der Waals surface area contributed by atoms with Crippen LogP contribution in [0.4, 0.5) is 4.79 Å². The summed E-state index contributed by atoms with van der Waals surface area (Å²) in [5, 5.41) is 9.67. The molecule has 3 aromatic heterocycles. The van der Waals surface area contributed by atoms with Crippen molar-refractivity contribution in [1.82, 2.24) is 30.0 Å². The lowest BCUT2D eigenvalue weighted by Crippen LogP contribution is -2.47. The number of carbonyl (C=O) groups excluding carboxylic acids is 2. The van der Waals surface area contributed by atoms with Crippen molar-refractivity contribution in [3.63, 3.8) is 0 Å². The number of rotatable bonds is 5. The van der Waals surface area contributed by atoms with Crippen LogP contribution in [0.15, 0.2) is 45.1 Å². The van der Waals surface area contributed by atoms with E-state index in [4.69, 9.17) is 9.15 Å². The van der Waals surface area contributed by atoms with E-state index in [1.54, 1.807) is 33.0 Å². The first-order chi connectivity index (χ1) is 14.4. The summed E-state index contributed by atoms with van der Waals surface area (Å²) in [6, 6.07) is 2.03. The molecule has 0 aromatic carbocycles. The number of allylic oxidation sites excluding steroid dienone is 1. The molecular weight excluding hydrogens is 392 g/mol. The Hall–Kier alpha value is -3.89. The fraction of sp³-hybridized carbons (Fsp3) is 0.316. The highest BCUT2D eigenvalue weighted by Crippen LogP contribution is 2.29. The monoisotopic (exact) mass is 412 g/mol. The minimum absolute atomic E-state index is 0.0889. The fourth-order valence-corrected chi connectivity index (χ4v) is 3.36. The van der Waals surface area contributed by atoms with Gasteiger partial charge in [0.15, 0.2) is 5.65 Å². The predicted octanol–water partition coefficient (Wildman–Crippen LogP) is 0.903. The fourth-order valence-electron chi connectivity index (χ4n) is 3.36. The van der Waals surface area contributed by atoms with Crippen molar-refractivity contribution in [3.05, 3.63) is 57.8 Å². The molecule has 156 valence electrons. The highest BCUT2D eigenvalue weighted by molar-refractivity contribution is 5.95. The Morgan fingerprint density at radius 3 is 2.83 bits per heavy atom. The topological polar surface area (TPSA) is 133 Å². The molecule has 0 fully saturated rings. The van der Waals surface area contributed by atoms with Crippen LogP contribution in [-0.4, -0.2) is 37.9 Å². The highest BCUT2D eigenvalue weighted by Gasteiger charge is 2.35. The summed E-state index contributed by atoms with van der Waals surface area (Å²) < 4.78 is 13.6. The number of hydrogen-bond donors (Lipinski definition) is 2. The van der Waals surface area contributed by atoms with E-state index in [0.717, 1.165) is 0 Å². The van der Waals surface area contributed by atoms with Gasteiger partial charge in [-0.05, 0) is 26.0 Å². The molecule has 11 nitrogen and oxygen atoms in total. The van der Waals surface area contributed by atoms with Crippen molar-refractivity contribution in [1.29, 1.82) is 0 Å². The summed E-state index contributed by atoms with van der Waals surface area (Å²) >= 11 is 0. The van der Waals surface area contributed by atoms with Crippen LogP contribution in [0.3, 0.4) is 0 Å². The highest BCUT2D eigenvalue weighted by atomic mass is 16.5. The zero-order valence-electron chi connectivity index (χ0n) is 16.6. The third-order valence-electron chi connectivity index (χ3n) is 4.74. The molecular formula is C19H20N6O5. The first-order valence-electron chi connectivity index (χ1n) is 9.30. The van der Waals surface area contributed by atoms with E-state index in [1.165, 1.54) is 21.8 Å². The number of aromatic nitrogens is 4. The number of aryl methyl sites for hydroxylation is 2. The minimum atomic E-state index is -0.854. The predicted molar refractivity (Wildman–Crippen MR) is 104 cm³/mol. The number of ether oxygens (including phenoxy) is 1. The molecule has 1 aliphatic heterocycles. The van der Waals surface area contributed by atoms with Gasteiger partial charge in [-0.25, -0.2) is 14.6 Å². The van der Waals surface area contributed by atoms with Gasteiger partial charge in [0.1, 0.15) is 29.3 Å². The molecule has 0 radical (unpaired) electrons. The van der Waals surface area contributed by atoms with Crippen LogP contribution in [0.2, 0.25) is 0 Å². The van der Waals surface area contributed by atoms with E-state index < -0.39 is 18.0 Å². The SMILES string of the molecule is CCOC(=O)C1=C(Cn2cnc3c(cnn3C)c2=O)NC(=O)N[C@H]1c1ccc(C)o1. The lowest BCUT2D eigenvalue weighted by atomic mass is 10.00. The van der Waals surface area contributed by atoms with Crippen LogP contribution in [0, 0.1) is 6.92 Å². The zero-order valence-corrected chi connectivity index (χ0v) is 16.6. The maximum Gasteiger partial charge on any atom is 0.338 e. The number of nitrogens with one attached hydrogen (secondary N) is 2. The summed E-state index contributed by atoms with van der Waals surface area (Å²) in [6.07, 6.45) is 2.78. The maximum absolute atomic E-state index is 12.8. The number of hydrogen-bond acceptors (Lipinski definition) is 7. The third-order valence-corrected chi connectivity index (χ3v) is 4.74. The molecule has 4 heterocycles. The van der Waals surface area contributed by atoms with E-state index in [1.807, 2.05) is 0 Å². The van der Waals surface area contributed by atoms with Crippen LogP contribution in [0.1, 0.15) is 24.5 Å². The lowest BCUT2D eigenvalue weighted by Gasteiger charge is -2.28. The van der Waals surface area contributed by atoms with Crippen molar-refractivity contribution >= 4 is 23.0 Å². The van der Waals surface area contributed by atoms with Gasteiger partial charge in [-0.15, -0.1) is 0 Å². The number of carbonyl (C=O) groups is 2. The molecule has 2 amide bonds. The Morgan fingerprint density at radius 2 is 2.13 bits per heavy atom. The van der Waals surface area contributed by atoms with Gasteiger partial charge in [0.2, 0.25) is 0 Å². The van der Waals surface area contributed by atoms with Gasteiger partial charge in [0.05, 0.1) is 30.6 Å². The number of nitrogens with zero attached hydrogens (tertiary/aromatic N) is 4. The van der Waals surface area contributed by atoms with Crippen LogP contribution in [-0.2, 0) is 23.1 Å². The van der Waals surface area contributed by atoms with Crippen molar-refractivity contribution in [2.75, 3.05) is 6.61 Å². The average molecular weight is 412 g/mol. The molecule has 0 aliphatic carbocycles. The van der Waals surface area contributed by atoms with Crippen molar-refractivity contribution < 1.29 is 18.7 Å². The molecule has 3 aromatic rings. The second kappa shape index (κ2) is 7.50. The van der Waals surface area contributed by atoms with Crippen LogP contribution in [0.5, 0.6) is 0 Å². The quantitative estimate of drug-likeness (QED) is 0.595. The molecule has 0 bridgehead atoms. The molecule has 0 unspecified atom stereocenters. The molecule has 11 heteroatoms. The summed E-state index contributed by atoms with van der Waals surface area (Å²) in [6.45, 7) is 3.50. The minimum Gasteiger partial charge on any atom is -0.464 e. The molecule has 4 rings (SSSR count). The standard InChI is InChI=1S/C19H20N6O5/c1-4-29-18(27)14-12(22-19(28)23-15(14)13-6-5-10(2)30-13)8-25-9-20-16-11(17(25)26)7-21-24(16)3/h5-7,9,15H,4,8H2,1-3H3,(H2,22,23,28)/t15-/m0/s1. The molecule has 0 saturated heterocycles. The number of esters is 1. The first kappa shape index (κ1) is 19.4. The molecule has 1 atom stereocenters. The second-order valence-electron chi connectivity index (χ2n) is 6.78. The molecule has 2 N–H and O–H groups in total. The Balaban J connectivity index is 1.82. The van der Waals surface area contributed by atoms with Gasteiger partial charge in [-0.3, -0.25) is 14.0 Å². The van der Waals surface area contributed by atoms with E-state index >= 15 is 0 Å². The molecule has 1 aliphatic rings. The largest absolute Gasteiger partial charge is 0.464 e. The van der Waals surface area contributed by atoms with Crippen molar-refractivity contribution in [2.45, 2.75) is 26.4 Å². The Labute approximate surface area is 170 Å². The van der Waals surface area contributed by atoms with E-state index in [9.17, 15) is 14.4 Å². The number of furan rings is 1. The summed E-state index contributed by atoms with van der Waals surface area (Å²) in [5.41, 5.74) is 0.475. The summed E-state index contributed by atoms with van der Waals surface area (Å²) in [4.78, 5) is 42.2. The van der Waals surface area contributed by atoms with Gasteiger partial charge >= 0.3 is 12.0 Å². The zero-order chi connectivity index (χ0) is 21.4. The number of fused-ring (bicyclic) bond motifs is 1. The van der Waals surface area contributed by atoms with Crippen molar-refractivity contribution in [2.24, 2.45) is 7.05 Å². The lowest BCUT2D eigenvalue weighted by molar-refractivity contribution is -0.139. The van der Waals surface area contributed by atoms with Crippen LogP contribution < -0.4 is 16.2 Å². The van der Waals surface area contributed by atoms with E-state index in [0.29, 0.717) is 22.6 Å². The summed E-state index contributed by atoms with van der Waals surface area (Å²) in [7, 11) is 1.68. The van der Waals surface area contributed by atoms with Crippen molar-refractivity contribution in [3.8, 4) is 0 Å². The second-order valence-corrected chi connectivity index (χ2v) is 6.78. The van der Waals surface area contributed by atoms with Gasteiger partial charge in [0, 0.05) is 7.05 Å². The number of amides is 2. The summed E-state index contributed by atoms with van der Waals surface area (Å²) in [5.74, 6) is 0.392. The number of urea groups is 1. The normalized spacial score (nSPS) is 16.5. The smallest absolute Gasteiger partial charge is 0.338 e.